The Bertz CT molecular complexity index is 6.00. The zero-order valence-electron chi connectivity index (χ0n) is 1.91. The second-order valence-electron chi connectivity index (χ2n) is 0. The standard InChI is InChI=1S/HNO.2Si/c1-2;;/h1H;;. The van der Waals surface area contributed by atoms with E-state index in [-0.39, 0.29) is 21.9 Å². The molecular formula is HNOSi2. The molecule has 0 aromatic rings. The van der Waals surface area contributed by atoms with Crippen molar-refractivity contribution in [2.75, 3.05) is 0 Å². The van der Waals surface area contributed by atoms with Gasteiger partial charge in [0.25, 0.3) is 0 Å². The molecule has 2 nitrogen and oxygen atoms in total. The average Bonchev–Trinajstić information content (AvgIpc) is 1.00. The van der Waals surface area contributed by atoms with E-state index in [2.05, 4.69) is 5.59 Å². The van der Waals surface area contributed by atoms with Gasteiger partial charge in [0.2, 0.25) is 0 Å². The van der Waals surface area contributed by atoms with E-state index in [1.165, 1.54) is 0 Å². The highest BCUT2D eigenvalue weighted by Crippen LogP contribution is 0.766. The van der Waals surface area contributed by atoms with Gasteiger partial charge in [-0.3, -0.25) is 0 Å². The molecular weight excluding hydrogens is 86.2 g/mol. The van der Waals surface area contributed by atoms with Gasteiger partial charge >= 0.3 is 0 Å². The third-order valence-electron chi connectivity index (χ3n) is 0. The minimum atomic E-state index is 0. The number of hydrogen-bond acceptors (Lipinski definition) is 2. The maximum atomic E-state index is 7.50. The lowest BCUT2D eigenvalue weighted by molar-refractivity contribution is 1.49. The third kappa shape index (κ3) is 1910. The van der Waals surface area contributed by atoms with Crippen LogP contribution in [0.15, 0.2) is 0 Å². The minimum absolute atomic E-state index is 0. The van der Waals surface area contributed by atoms with Crippen molar-refractivity contribution in [2.45, 2.75) is 0 Å². The summed E-state index contributed by atoms with van der Waals surface area (Å²) in [5.41, 5.74) is 4.50. The van der Waals surface area contributed by atoms with E-state index in [0.29, 0.717) is 0 Å². The summed E-state index contributed by atoms with van der Waals surface area (Å²) in [6, 6.07) is 0. The molecule has 0 aromatic carbocycles. The molecule has 0 saturated heterocycles. The number of nitrogens with one attached hydrogen (secondary N) is 1. The molecule has 0 atom stereocenters. The predicted octanol–water partition coefficient (Wildman–Crippen LogP) is -0.430. The summed E-state index contributed by atoms with van der Waals surface area (Å²) in [6.45, 7) is 0. The number of rotatable bonds is 0. The van der Waals surface area contributed by atoms with Crippen LogP contribution >= 0.6 is 0 Å². The fourth-order valence-corrected chi connectivity index (χ4v) is 0. The molecule has 0 aliphatic rings. The highest BCUT2D eigenvalue weighted by molar-refractivity contribution is 5.76. The average molecular weight is 87.2 g/mol. The Hall–Kier alpha value is 0.0338. The zero-order chi connectivity index (χ0) is 2.00. The van der Waals surface area contributed by atoms with Crippen LogP contribution < -0.4 is 0 Å². The Kier molecular flexibility index (Phi) is 95600. The monoisotopic (exact) mass is 87.0 g/mol. The van der Waals surface area contributed by atoms with Crippen LogP contribution in [0.4, 0.5) is 0 Å². The predicted molar refractivity (Wildman–Crippen MR) is 17.6 cm³/mol. The van der Waals surface area contributed by atoms with Crippen LogP contribution in [0.2, 0.25) is 0 Å². The van der Waals surface area contributed by atoms with Gasteiger partial charge in [0, 0.05) is 21.9 Å². The molecule has 0 fully saturated rings. The summed E-state index contributed by atoms with van der Waals surface area (Å²) in [5.74, 6) is 0. The van der Waals surface area contributed by atoms with Gasteiger partial charge in [-0.2, -0.15) is 4.91 Å². The summed E-state index contributed by atoms with van der Waals surface area (Å²) < 4.78 is 0. The van der Waals surface area contributed by atoms with E-state index in [0.717, 1.165) is 0 Å². The Balaban J connectivity index is -0.00000000500. The first kappa shape index (κ1) is 34.7. The van der Waals surface area contributed by atoms with Crippen molar-refractivity contribution >= 4 is 21.9 Å². The summed E-state index contributed by atoms with van der Waals surface area (Å²) in [7, 11) is 0. The summed E-state index contributed by atoms with van der Waals surface area (Å²) in [6.07, 6.45) is 0. The van der Waals surface area contributed by atoms with Gasteiger partial charge in [0.15, 0.2) is 0 Å². The van der Waals surface area contributed by atoms with Crippen molar-refractivity contribution in [3.63, 3.8) is 0 Å². The van der Waals surface area contributed by atoms with E-state index in [4.69, 9.17) is 4.91 Å². The van der Waals surface area contributed by atoms with E-state index >= 15 is 0 Å². The topological polar surface area (TPSA) is 40.9 Å². The van der Waals surface area contributed by atoms with Gasteiger partial charge in [-0.15, -0.1) is 0 Å². The van der Waals surface area contributed by atoms with Gasteiger partial charge in [-0.1, -0.05) is 5.59 Å². The van der Waals surface area contributed by atoms with Crippen LogP contribution in [0.5, 0.6) is 0 Å². The maximum Gasteiger partial charge on any atom is 0 e. The van der Waals surface area contributed by atoms with Crippen molar-refractivity contribution in [3.8, 4) is 0 Å². The molecule has 4 heavy (non-hydrogen) atoms. The molecule has 0 aliphatic heterocycles. The smallest absolute Gasteiger partial charge is 0 e. The lowest BCUT2D eigenvalue weighted by Crippen LogP contribution is -0.649. The SMILES string of the molecule is N=O.[Si].[Si]. The first-order chi connectivity index (χ1) is 1.00. The Morgan fingerprint density at radius 2 is 1.00 bits per heavy atom. The van der Waals surface area contributed by atoms with Crippen LogP contribution in [-0.2, 0) is 0 Å². The fraction of sp³-hybridized carbons (Fsp3) is 0. The minimum Gasteiger partial charge on any atom is -0.154 e. The van der Waals surface area contributed by atoms with Crippen LogP contribution in [0, 0.1) is 10.5 Å². The second kappa shape index (κ2) is 11000. The molecule has 0 spiro atoms. The van der Waals surface area contributed by atoms with E-state index in [9.17, 15) is 0 Å². The quantitative estimate of drug-likeness (QED) is 0.316. The summed E-state index contributed by atoms with van der Waals surface area (Å²) in [4.78, 5) is 7.50. The van der Waals surface area contributed by atoms with Gasteiger partial charge in [-0.25, -0.2) is 0 Å². The molecule has 0 amide bonds. The molecule has 0 rings (SSSR count). The van der Waals surface area contributed by atoms with Crippen LogP contribution in [-0.4, -0.2) is 21.9 Å². The van der Waals surface area contributed by atoms with E-state index < -0.39 is 0 Å². The Morgan fingerprint density at radius 3 is 1.00 bits per heavy atom. The van der Waals surface area contributed by atoms with E-state index in [1.807, 2.05) is 0 Å². The zero-order valence-corrected chi connectivity index (χ0v) is 3.91. The summed E-state index contributed by atoms with van der Waals surface area (Å²) >= 11 is 0. The van der Waals surface area contributed by atoms with Gasteiger partial charge in [-0.05, 0) is 0 Å². The first-order valence-corrected chi connectivity index (χ1v) is 0.204. The van der Waals surface area contributed by atoms with Crippen LogP contribution in [0.25, 0.3) is 0 Å². The first-order valence-electron chi connectivity index (χ1n) is 0.204. The molecule has 20 valence electrons. The normalized spacial score (nSPS) is 1.00. The van der Waals surface area contributed by atoms with Crippen molar-refractivity contribution in [3.05, 3.63) is 4.91 Å². The van der Waals surface area contributed by atoms with Crippen LogP contribution in [0.3, 0.4) is 0 Å². The van der Waals surface area contributed by atoms with Crippen molar-refractivity contribution in [1.82, 2.24) is 0 Å². The molecule has 0 heterocycles. The molecule has 8 radical (unpaired) electrons. The van der Waals surface area contributed by atoms with Crippen molar-refractivity contribution in [1.29, 1.82) is 5.59 Å². The Labute approximate surface area is 33.4 Å². The second-order valence-corrected chi connectivity index (χ2v) is 0. The molecule has 0 aromatic heterocycles. The van der Waals surface area contributed by atoms with Crippen molar-refractivity contribution in [2.24, 2.45) is 0 Å². The fourth-order valence-electron chi connectivity index (χ4n) is 0. The van der Waals surface area contributed by atoms with E-state index in [1.54, 1.807) is 0 Å². The number of nitroso groups, excluding NO2 is 1. The molecule has 0 aliphatic carbocycles. The van der Waals surface area contributed by atoms with Gasteiger partial charge in [0.05, 0.1) is 0 Å². The van der Waals surface area contributed by atoms with Gasteiger partial charge < -0.3 is 0 Å². The molecule has 0 unspecified atom stereocenters. The highest BCUT2D eigenvalue weighted by Gasteiger charge is 0.588. The Morgan fingerprint density at radius 1 is 1.00 bits per heavy atom. The third-order valence-corrected chi connectivity index (χ3v) is 0. The van der Waals surface area contributed by atoms with Crippen LogP contribution in [0.1, 0.15) is 0 Å². The number of hydrogen-bond donors (Lipinski definition) is 1. The van der Waals surface area contributed by atoms with Crippen molar-refractivity contribution < 1.29 is 0 Å². The molecule has 0 saturated carbocycles. The van der Waals surface area contributed by atoms with Gasteiger partial charge in [0.1, 0.15) is 0 Å². The highest BCUT2D eigenvalue weighted by atomic mass is 28.1. The maximum absolute atomic E-state index is 7.50. The summed E-state index contributed by atoms with van der Waals surface area (Å²) in [5, 5.41) is 0. The largest absolute Gasteiger partial charge is 0.154 e. The molecule has 1 N–H and O–H groups in total. The lowest BCUT2D eigenvalue weighted by atomic mass is 13.8. The molecule has 0 bridgehead atoms. The molecule has 4 heteroatoms. The lowest BCUT2D eigenvalue weighted by Gasteiger charge is -0.827.